The van der Waals surface area contributed by atoms with Gasteiger partial charge in [-0.15, -0.1) is 0 Å². The molecule has 0 saturated carbocycles. The van der Waals surface area contributed by atoms with Crippen LogP contribution in [-0.2, 0) is 0 Å². The maximum atomic E-state index is 12.2. The van der Waals surface area contributed by atoms with Crippen molar-refractivity contribution in [2.24, 2.45) is 0 Å². The van der Waals surface area contributed by atoms with Crippen LogP contribution in [0, 0.1) is 0 Å². The molecule has 0 radical (unpaired) electrons. The molecular formula is C19H24N4O2. The normalized spacial score (nSPS) is 16.7. The Labute approximate surface area is 147 Å². The maximum absolute atomic E-state index is 12.2. The number of pyridine rings is 1. The van der Waals surface area contributed by atoms with Crippen molar-refractivity contribution in [3.05, 3.63) is 53.6 Å². The molecule has 1 fully saturated rings. The van der Waals surface area contributed by atoms with E-state index in [2.05, 4.69) is 44.8 Å². The van der Waals surface area contributed by atoms with Crippen molar-refractivity contribution in [1.29, 1.82) is 0 Å². The van der Waals surface area contributed by atoms with Crippen LogP contribution in [0.3, 0.4) is 0 Å². The number of nitrogens with zero attached hydrogens (tertiary/aromatic N) is 2. The number of anilines is 2. The van der Waals surface area contributed by atoms with E-state index in [-0.39, 0.29) is 19.1 Å². The molecule has 2 aromatic rings. The second kappa shape index (κ2) is 7.98. The quantitative estimate of drug-likeness (QED) is 0.748. The smallest absolute Gasteiger partial charge is 0.251 e. The van der Waals surface area contributed by atoms with Gasteiger partial charge in [-0.3, -0.25) is 4.79 Å². The molecule has 3 N–H and O–H groups in total. The average molecular weight is 340 g/mol. The largest absolute Gasteiger partial charge is 0.395 e. The summed E-state index contributed by atoms with van der Waals surface area (Å²) in [5.74, 6) is 1.75. The van der Waals surface area contributed by atoms with Gasteiger partial charge in [0.25, 0.3) is 5.91 Å². The number of amides is 1. The van der Waals surface area contributed by atoms with E-state index in [0.717, 1.165) is 25.3 Å². The third kappa shape index (κ3) is 4.09. The molecule has 132 valence electrons. The summed E-state index contributed by atoms with van der Waals surface area (Å²) in [6.45, 7) is 1.97. The Morgan fingerprint density at radius 3 is 2.84 bits per heavy atom. The molecule has 0 spiro atoms. The first-order valence-corrected chi connectivity index (χ1v) is 8.60. The number of benzene rings is 1. The highest BCUT2D eigenvalue weighted by Gasteiger charge is 2.25. The van der Waals surface area contributed by atoms with E-state index in [1.165, 1.54) is 5.56 Å². The highest BCUT2D eigenvalue weighted by Crippen LogP contribution is 2.30. The van der Waals surface area contributed by atoms with Gasteiger partial charge in [0.2, 0.25) is 0 Å². The number of rotatable bonds is 6. The second-order valence-corrected chi connectivity index (χ2v) is 6.17. The van der Waals surface area contributed by atoms with E-state index in [1.807, 2.05) is 12.1 Å². The molecule has 3 rings (SSSR count). The fourth-order valence-electron chi connectivity index (χ4n) is 3.17. The van der Waals surface area contributed by atoms with Crippen LogP contribution in [0.4, 0.5) is 11.6 Å². The molecular weight excluding hydrogens is 316 g/mol. The van der Waals surface area contributed by atoms with Crippen molar-refractivity contribution in [1.82, 2.24) is 10.3 Å². The first-order valence-electron chi connectivity index (χ1n) is 8.60. The van der Waals surface area contributed by atoms with Gasteiger partial charge in [-0.25, -0.2) is 4.98 Å². The first kappa shape index (κ1) is 17.2. The fraction of sp³-hybridized carbons (Fsp3) is 0.368. The van der Waals surface area contributed by atoms with Gasteiger partial charge < -0.3 is 20.6 Å². The number of hydrogen-bond donors (Lipinski definition) is 3. The van der Waals surface area contributed by atoms with Gasteiger partial charge in [-0.1, -0.05) is 30.3 Å². The molecule has 1 aliphatic rings. The van der Waals surface area contributed by atoms with Crippen LogP contribution < -0.4 is 15.5 Å². The SMILES string of the molecule is CNc1cc(C(=O)NCCO)cc(N2CCC(c3ccccc3)C2)n1. The summed E-state index contributed by atoms with van der Waals surface area (Å²) < 4.78 is 0. The molecule has 1 atom stereocenters. The lowest BCUT2D eigenvalue weighted by molar-refractivity contribution is 0.0944. The van der Waals surface area contributed by atoms with Crippen molar-refractivity contribution in [3.8, 4) is 0 Å². The van der Waals surface area contributed by atoms with Crippen LogP contribution in [0.5, 0.6) is 0 Å². The van der Waals surface area contributed by atoms with Crippen molar-refractivity contribution in [3.63, 3.8) is 0 Å². The van der Waals surface area contributed by atoms with Gasteiger partial charge in [0.15, 0.2) is 0 Å². The summed E-state index contributed by atoms with van der Waals surface area (Å²) in [6.07, 6.45) is 1.07. The van der Waals surface area contributed by atoms with Crippen LogP contribution in [0.1, 0.15) is 28.3 Å². The number of aromatic nitrogens is 1. The van der Waals surface area contributed by atoms with E-state index in [0.29, 0.717) is 17.3 Å². The van der Waals surface area contributed by atoms with Crippen LogP contribution in [0.15, 0.2) is 42.5 Å². The van der Waals surface area contributed by atoms with E-state index < -0.39 is 0 Å². The van der Waals surface area contributed by atoms with E-state index in [4.69, 9.17) is 5.11 Å². The number of aliphatic hydroxyl groups excluding tert-OH is 1. The number of hydrogen-bond acceptors (Lipinski definition) is 5. The monoisotopic (exact) mass is 340 g/mol. The Balaban J connectivity index is 1.79. The van der Waals surface area contributed by atoms with Gasteiger partial charge in [0.05, 0.1) is 6.61 Å². The minimum Gasteiger partial charge on any atom is -0.395 e. The lowest BCUT2D eigenvalue weighted by Crippen LogP contribution is -2.27. The summed E-state index contributed by atoms with van der Waals surface area (Å²) >= 11 is 0. The predicted octanol–water partition coefficient (Wildman–Crippen LogP) is 1.84. The molecule has 1 unspecified atom stereocenters. The summed E-state index contributed by atoms with van der Waals surface area (Å²) in [6, 6.07) is 14.1. The lowest BCUT2D eigenvalue weighted by atomic mass is 9.99. The Kier molecular flexibility index (Phi) is 5.50. The standard InChI is InChI=1S/C19H24N4O2/c1-20-17-11-16(19(25)21-8-10-24)12-18(22-17)23-9-7-15(13-23)14-5-3-2-4-6-14/h2-6,11-12,15,24H,7-10,13H2,1H3,(H,20,22)(H,21,25). The van der Waals surface area contributed by atoms with Gasteiger partial charge in [-0.2, -0.15) is 0 Å². The van der Waals surface area contributed by atoms with E-state index in [1.54, 1.807) is 13.1 Å². The molecule has 1 aliphatic heterocycles. The number of carbonyl (C=O) groups excluding carboxylic acids is 1. The van der Waals surface area contributed by atoms with Gasteiger partial charge in [-0.05, 0) is 24.1 Å². The zero-order valence-electron chi connectivity index (χ0n) is 14.4. The maximum Gasteiger partial charge on any atom is 0.251 e. The topological polar surface area (TPSA) is 77.5 Å². The molecule has 2 heterocycles. The fourth-order valence-corrected chi connectivity index (χ4v) is 3.17. The third-order valence-electron chi connectivity index (χ3n) is 4.51. The van der Waals surface area contributed by atoms with Gasteiger partial charge in [0, 0.05) is 38.2 Å². The lowest BCUT2D eigenvalue weighted by Gasteiger charge is -2.19. The molecule has 0 bridgehead atoms. The molecule has 1 aromatic carbocycles. The van der Waals surface area contributed by atoms with Crippen LogP contribution in [-0.4, -0.2) is 49.3 Å². The van der Waals surface area contributed by atoms with Crippen molar-refractivity contribution in [2.75, 3.05) is 43.5 Å². The van der Waals surface area contributed by atoms with Crippen LogP contribution >= 0.6 is 0 Å². The Hall–Kier alpha value is -2.60. The molecule has 1 amide bonds. The molecule has 25 heavy (non-hydrogen) atoms. The van der Waals surface area contributed by atoms with E-state index in [9.17, 15) is 4.79 Å². The van der Waals surface area contributed by atoms with Gasteiger partial charge >= 0.3 is 0 Å². The van der Waals surface area contributed by atoms with Crippen molar-refractivity contribution < 1.29 is 9.90 Å². The summed E-state index contributed by atoms with van der Waals surface area (Å²) in [5, 5.41) is 14.6. The van der Waals surface area contributed by atoms with Crippen molar-refractivity contribution >= 4 is 17.5 Å². The summed E-state index contributed by atoms with van der Waals surface area (Å²) in [7, 11) is 1.79. The highest BCUT2D eigenvalue weighted by atomic mass is 16.3. The molecule has 6 nitrogen and oxygen atoms in total. The third-order valence-corrected chi connectivity index (χ3v) is 4.51. The Morgan fingerprint density at radius 2 is 2.12 bits per heavy atom. The Morgan fingerprint density at radius 1 is 1.32 bits per heavy atom. The zero-order valence-corrected chi connectivity index (χ0v) is 14.4. The van der Waals surface area contributed by atoms with Gasteiger partial charge in [0.1, 0.15) is 11.6 Å². The summed E-state index contributed by atoms with van der Waals surface area (Å²) in [5.41, 5.74) is 1.89. The molecule has 0 aliphatic carbocycles. The van der Waals surface area contributed by atoms with Crippen LogP contribution in [0.2, 0.25) is 0 Å². The second-order valence-electron chi connectivity index (χ2n) is 6.17. The Bertz CT molecular complexity index is 721. The molecule has 1 aromatic heterocycles. The number of aliphatic hydroxyl groups is 1. The van der Waals surface area contributed by atoms with Crippen molar-refractivity contribution in [2.45, 2.75) is 12.3 Å². The van der Waals surface area contributed by atoms with Crippen LogP contribution in [0.25, 0.3) is 0 Å². The minimum absolute atomic E-state index is 0.0759. The molecule has 1 saturated heterocycles. The molecule has 6 heteroatoms. The summed E-state index contributed by atoms with van der Waals surface area (Å²) in [4.78, 5) is 19.1. The average Bonchev–Trinajstić information content (AvgIpc) is 3.16. The van der Waals surface area contributed by atoms with E-state index >= 15 is 0 Å². The minimum atomic E-state index is -0.201. The number of carbonyl (C=O) groups is 1. The predicted molar refractivity (Wildman–Crippen MR) is 99.2 cm³/mol. The highest BCUT2D eigenvalue weighted by molar-refractivity contribution is 5.95. The first-order chi connectivity index (χ1) is 12.2. The zero-order chi connectivity index (χ0) is 17.6. The number of nitrogens with one attached hydrogen (secondary N) is 2.